The molecule has 22 heavy (non-hydrogen) atoms. The van der Waals surface area contributed by atoms with Gasteiger partial charge in [-0.2, -0.15) is 0 Å². The molecule has 0 aliphatic rings. The van der Waals surface area contributed by atoms with E-state index < -0.39 is 0 Å². The number of nitrogens with one attached hydrogen (secondary N) is 1. The van der Waals surface area contributed by atoms with Crippen LogP contribution in [0.5, 0.6) is 0 Å². The quantitative estimate of drug-likeness (QED) is 0.863. The number of ether oxygens (including phenoxy) is 1. The van der Waals surface area contributed by atoms with Crippen LogP contribution in [0.2, 0.25) is 10.0 Å². The standard InChI is InChI=1S/C17H17Cl2NO2/c1-11(15-8-7-14(18)9-16(15)19)20-17(21)13-5-3-12(4-6-13)10-22-2/h3-9,11H,10H2,1-2H3,(H,20,21)/t11-/m0/s1. The smallest absolute Gasteiger partial charge is 0.251 e. The molecule has 0 unspecified atom stereocenters. The lowest BCUT2D eigenvalue weighted by atomic mass is 10.1. The van der Waals surface area contributed by atoms with Gasteiger partial charge in [0, 0.05) is 22.7 Å². The largest absolute Gasteiger partial charge is 0.380 e. The molecule has 0 aliphatic carbocycles. The zero-order chi connectivity index (χ0) is 16.1. The molecule has 116 valence electrons. The molecular weight excluding hydrogens is 321 g/mol. The molecule has 0 bridgehead atoms. The van der Waals surface area contributed by atoms with E-state index >= 15 is 0 Å². The number of carbonyl (C=O) groups is 1. The molecule has 0 radical (unpaired) electrons. The van der Waals surface area contributed by atoms with E-state index in [0.717, 1.165) is 11.1 Å². The van der Waals surface area contributed by atoms with E-state index in [1.165, 1.54) is 0 Å². The lowest BCUT2D eigenvalue weighted by Crippen LogP contribution is -2.26. The Kier molecular flexibility index (Phi) is 5.83. The molecule has 1 amide bonds. The minimum atomic E-state index is -0.212. The van der Waals surface area contributed by atoms with Crippen LogP contribution in [0.25, 0.3) is 0 Å². The topological polar surface area (TPSA) is 38.3 Å². The van der Waals surface area contributed by atoms with Gasteiger partial charge in [-0.15, -0.1) is 0 Å². The fourth-order valence-corrected chi connectivity index (χ4v) is 2.70. The Balaban J connectivity index is 2.07. The summed E-state index contributed by atoms with van der Waals surface area (Å²) in [5.74, 6) is -0.150. The van der Waals surface area contributed by atoms with Crippen LogP contribution in [-0.2, 0) is 11.3 Å². The summed E-state index contributed by atoms with van der Waals surface area (Å²) in [6, 6.07) is 12.3. The first kappa shape index (κ1) is 16.8. The summed E-state index contributed by atoms with van der Waals surface area (Å²) in [5, 5.41) is 4.03. The van der Waals surface area contributed by atoms with Gasteiger partial charge in [-0.25, -0.2) is 0 Å². The Morgan fingerprint density at radius 3 is 2.45 bits per heavy atom. The monoisotopic (exact) mass is 337 g/mol. The number of rotatable bonds is 5. The van der Waals surface area contributed by atoms with Crippen molar-refractivity contribution < 1.29 is 9.53 Å². The van der Waals surface area contributed by atoms with E-state index in [2.05, 4.69) is 5.32 Å². The van der Waals surface area contributed by atoms with Gasteiger partial charge in [-0.05, 0) is 42.3 Å². The van der Waals surface area contributed by atoms with Crippen molar-refractivity contribution in [1.29, 1.82) is 0 Å². The number of amides is 1. The Hall–Kier alpha value is -1.55. The summed E-state index contributed by atoms with van der Waals surface area (Å²) in [6.07, 6.45) is 0. The maximum Gasteiger partial charge on any atom is 0.251 e. The molecule has 2 aromatic carbocycles. The molecule has 1 N–H and O–H groups in total. The van der Waals surface area contributed by atoms with Gasteiger partial charge in [0.2, 0.25) is 0 Å². The van der Waals surface area contributed by atoms with Crippen molar-refractivity contribution in [1.82, 2.24) is 5.32 Å². The predicted octanol–water partition coefficient (Wildman–Crippen LogP) is 4.63. The normalized spacial score (nSPS) is 12.0. The number of hydrogen-bond acceptors (Lipinski definition) is 2. The van der Waals surface area contributed by atoms with Crippen LogP contribution in [-0.4, -0.2) is 13.0 Å². The van der Waals surface area contributed by atoms with Gasteiger partial charge in [0.25, 0.3) is 5.91 Å². The highest BCUT2D eigenvalue weighted by atomic mass is 35.5. The van der Waals surface area contributed by atoms with E-state index in [0.29, 0.717) is 22.2 Å². The zero-order valence-corrected chi connectivity index (χ0v) is 13.9. The molecule has 0 aromatic heterocycles. The van der Waals surface area contributed by atoms with Gasteiger partial charge in [0.1, 0.15) is 0 Å². The van der Waals surface area contributed by atoms with Crippen molar-refractivity contribution >= 4 is 29.1 Å². The van der Waals surface area contributed by atoms with Crippen LogP contribution >= 0.6 is 23.2 Å². The van der Waals surface area contributed by atoms with Crippen LogP contribution in [0.3, 0.4) is 0 Å². The van der Waals surface area contributed by atoms with Crippen LogP contribution in [0.4, 0.5) is 0 Å². The second-order valence-corrected chi connectivity index (χ2v) is 5.83. The van der Waals surface area contributed by atoms with Crippen molar-refractivity contribution in [2.75, 3.05) is 7.11 Å². The van der Waals surface area contributed by atoms with Gasteiger partial charge in [-0.3, -0.25) is 4.79 Å². The minimum Gasteiger partial charge on any atom is -0.380 e. The fraction of sp³-hybridized carbons (Fsp3) is 0.235. The first-order valence-electron chi connectivity index (χ1n) is 6.85. The molecule has 2 rings (SSSR count). The second kappa shape index (κ2) is 7.63. The summed E-state index contributed by atoms with van der Waals surface area (Å²) in [6.45, 7) is 2.41. The third-order valence-corrected chi connectivity index (χ3v) is 3.87. The van der Waals surface area contributed by atoms with Gasteiger partial charge < -0.3 is 10.1 Å². The molecule has 0 saturated carbocycles. The second-order valence-electron chi connectivity index (χ2n) is 4.99. The number of hydrogen-bond donors (Lipinski definition) is 1. The van der Waals surface area contributed by atoms with Gasteiger partial charge >= 0.3 is 0 Å². The van der Waals surface area contributed by atoms with E-state index in [1.54, 1.807) is 31.4 Å². The average Bonchev–Trinajstić information content (AvgIpc) is 2.48. The third-order valence-electron chi connectivity index (χ3n) is 3.30. The molecule has 3 nitrogen and oxygen atoms in total. The third kappa shape index (κ3) is 4.23. The number of methoxy groups -OCH3 is 1. The first-order valence-corrected chi connectivity index (χ1v) is 7.60. The van der Waals surface area contributed by atoms with Crippen molar-refractivity contribution in [3.05, 3.63) is 69.2 Å². The van der Waals surface area contributed by atoms with Crippen LogP contribution in [0.15, 0.2) is 42.5 Å². The maximum atomic E-state index is 12.3. The summed E-state index contributed by atoms with van der Waals surface area (Å²) in [5.41, 5.74) is 2.44. The van der Waals surface area contributed by atoms with Crippen LogP contribution < -0.4 is 5.32 Å². The lowest BCUT2D eigenvalue weighted by molar-refractivity contribution is 0.0940. The first-order chi connectivity index (χ1) is 10.5. The van der Waals surface area contributed by atoms with Crippen molar-refractivity contribution in [2.24, 2.45) is 0 Å². The van der Waals surface area contributed by atoms with Crippen molar-refractivity contribution in [3.63, 3.8) is 0 Å². The Bertz CT molecular complexity index is 656. The lowest BCUT2D eigenvalue weighted by Gasteiger charge is -2.16. The fourth-order valence-electron chi connectivity index (χ4n) is 2.13. The molecular formula is C17H17Cl2NO2. The van der Waals surface area contributed by atoms with Crippen LogP contribution in [0.1, 0.15) is 34.5 Å². The molecule has 5 heteroatoms. The van der Waals surface area contributed by atoms with Crippen LogP contribution in [0, 0.1) is 0 Å². The van der Waals surface area contributed by atoms with E-state index in [9.17, 15) is 4.79 Å². The van der Waals surface area contributed by atoms with Gasteiger partial charge in [-0.1, -0.05) is 41.4 Å². The number of carbonyl (C=O) groups excluding carboxylic acids is 1. The van der Waals surface area contributed by atoms with Crippen molar-refractivity contribution in [3.8, 4) is 0 Å². The SMILES string of the molecule is COCc1ccc(C(=O)N[C@@H](C)c2ccc(Cl)cc2Cl)cc1. The summed E-state index contributed by atoms with van der Waals surface area (Å²) < 4.78 is 5.05. The summed E-state index contributed by atoms with van der Waals surface area (Å²) in [4.78, 5) is 12.3. The average molecular weight is 338 g/mol. The Labute approximate surface area is 140 Å². The summed E-state index contributed by atoms with van der Waals surface area (Å²) >= 11 is 12.0. The molecule has 0 aliphatic heterocycles. The summed E-state index contributed by atoms with van der Waals surface area (Å²) in [7, 11) is 1.64. The Morgan fingerprint density at radius 2 is 1.86 bits per heavy atom. The molecule has 0 saturated heterocycles. The number of halogens is 2. The Morgan fingerprint density at radius 1 is 1.18 bits per heavy atom. The molecule has 0 heterocycles. The predicted molar refractivity (Wildman–Crippen MR) is 89.5 cm³/mol. The minimum absolute atomic E-state index is 0.150. The van der Waals surface area contributed by atoms with E-state index in [-0.39, 0.29) is 11.9 Å². The highest BCUT2D eigenvalue weighted by Gasteiger charge is 2.14. The maximum absolute atomic E-state index is 12.3. The zero-order valence-electron chi connectivity index (χ0n) is 12.4. The number of benzene rings is 2. The van der Waals surface area contributed by atoms with Gasteiger partial charge in [0.15, 0.2) is 0 Å². The highest BCUT2D eigenvalue weighted by molar-refractivity contribution is 6.35. The van der Waals surface area contributed by atoms with E-state index in [1.807, 2.05) is 25.1 Å². The molecule has 1 atom stereocenters. The van der Waals surface area contributed by atoms with Gasteiger partial charge in [0.05, 0.1) is 12.6 Å². The highest BCUT2D eigenvalue weighted by Crippen LogP contribution is 2.26. The molecule has 0 fully saturated rings. The molecule has 0 spiro atoms. The molecule has 2 aromatic rings. The van der Waals surface area contributed by atoms with Crippen molar-refractivity contribution in [2.45, 2.75) is 19.6 Å². The van der Waals surface area contributed by atoms with E-state index in [4.69, 9.17) is 27.9 Å².